The van der Waals surface area contributed by atoms with E-state index in [2.05, 4.69) is 22.9 Å². The number of nitrogens with zero attached hydrogens (tertiary/aromatic N) is 2. The van der Waals surface area contributed by atoms with Crippen molar-refractivity contribution in [2.75, 3.05) is 11.1 Å². The Morgan fingerprint density at radius 3 is 2.30 bits per heavy atom. The molecule has 0 heterocycles. The number of nitrogen functional groups attached to an aromatic ring is 2. The Bertz CT molecular complexity index is 1250. The fourth-order valence-corrected chi connectivity index (χ4v) is 3.48. The number of rotatable bonds is 7. The van der Waals surface area contributed by atoms with Gasteiger partial charge in [-0.1, -0.05) is 12.1 Å². The summed E-state index contributed by atoms with van der Waals surface area (Å²) in [6.07, 6.45) is 1.09. The van der Waals surface area contributed by atoms with Crippen molar-refractivity contribution >= 4 is 23.0 Å². The monoisotopic (exact) mass is 440 g/mol. The summed E-state index contributed by atoms with van der Waals surface area (Å²) < 4.78 is 6.20. The van der Waals surface area contributed by atoms with Crippen molar-refractivity contribution in [2.45, 2.75) is 26.7 Å². The van der Waals surface area contributed by atoms with Gasteiger partial charge >= 0.3 is 0 Å². The topological polar surface area (TPSA) is 150 Å². The first-order valence-electron chi connectivity index (χ1n) is 10.2. The first-order chi connectivity index (χ1) is 15.9. The first-order valence-corrected chi connectivity index (χ1v) is 10.2. The van der Waals surface area contributed by atoms with Crippen LogP contribution in [0.5, 0.6) is 11.5 Å². The van der Waals surface area contributed by atoms with Crippen LogP contribution in [-0.4, -0.2) is 5.91 Å². The standard InChI is InChI=1S/C25H24N6O2/c1-15-10-18(4-3-9-26)11-16(2)24(15)33-23-13-22(21(28)12-20(23)25(32)31-29)30-19-7-5-17(14-27)6-8-19/h5-8,10-13,30H,3-4,28-29H2,1-2H3,(H,31,32). The van der Waals surface area contributed by atoms with E-state index >= 15 is 0 Å². The minimum atomic E-state index is -0.539. The molecule has 166 valence electrons. The fraction of sp³-hybridized carbons (Fsp3) is 0.160. The summed E-state index contributed by atoms with van der Waals surface area (Å²) in [5, 5.41) is 21.0. The Morgan fingerprint density at radius 1 is 1.06 bits per heavy atom. The van der Waals surface area contributed by atoms with Crippen molar-refractivity contribution in [1.29, 1.82) is 10.5 Å². The van der Waals surface area contributed by atoms with Gasteiger partial charge in [-0.25, -0.2) is 5.84 Å². The normalized spacial score (nSPS) is 10.1. The lowest BCUT2D eigenvalue weighted by Gasteiger charge is -2.18. The van der Waals surface area contributed by atoms with Crippen molar-refractivity contribution < 1.29 is 9.53 Å². The molecule has 1 amide bonds. The summed E-state index contributed by atoms with van der Waals surface area (Å²) in [5.41, 5.74) is 13.4. The Hall–Kier alpha value is -4.53. The molecule has 8 heteroatoms. The van der Waals surface area contributed by atoms with Crippen LogP contribution in [0.1, 0.15) is 39.0 Å². The summed E-state index contributed by atoms with van der Waals surface area (Å²) >= 11 is 0. The van der Waals surface area contributed by atoms with E-state index < -0.39 is 5.91 Å². The van der Waals surface area contributed by atoms with E-state index in [1.807, 2.05) is 26.0 Å². The van der Waals surface area contributed by atoms with Crippen LogP contribution < -0.4 is 27.1 Å². The molecule has 0 atom stereocenters. The van der Waals surface area contributed by atoms with Crippen LogP contribution in [0, 0.1) is 36.5 Å². The Labute approximate surface area is 192 Å². The maximum Gasteiger partial charge on any atom is 0.269 e. The predicted molar refractivity (Wildman–Crippen MR) is 127 cm³/mol. The first kappa shape index (κ1) is 23.1. The van der Waals surface area contributed by atoms with Crippen LogP contribution in [0.4, 0.5) is 17.1 Å². The second-order valence-electron chi connectivity index (χ2n) is 7.54. The number of hydrazine groups is 1. The van der Waals surface area contributed by atoms with Gasteiger partial charge in [0.1, 0.15) is 11.5 Å². The van der Waals surface area contributed by atoms with Gasteiger partial charge in [0.25, 0.3) is 5.91 Å². The highest BCUT2D eigenvalue weighted by Gasteiger charge is 2.18. The third kappa shape index (κ3) is 5.40. The molecule has 0 saturated carbocycles. The maximum atomic E-state index is 12.4. The lowest BCUT2D eigenvalue weighted by atomic mass is 10.0. The number of nitrogens with one attached hydrogen (secondary N) is 2. The lowest BCUT2D eigenvalue weighted by Crippen LogP contribution is -2.30. The number of nitriles is 2. The summed E-state index contributed by atoms with van der Waals surface area (Å²) in [6, 6.07) is 18.2. The molecule has 0 aliphatic rings. The predicted octanol–water partition coefficient (Wildman–Crippen LogP) is 4.35. The molecule has 0 aliphatic heterocycles. The average Bonchev–Trinajstić information content (AvgIpc) is 2.81. The number of benzene rings is 3. The van der Waals surface area contributed by atoms with Gasteiger partial charge < -0.3 is 15.8 Å². The van der Waals surface area contributed by atoms with E-state index in [0.717, 1.165) is 22.4 Å². The number of anilines is 3. The van der Waals surface area contributed by atoms with Gasteiger partial charge in [-0.05, 0) is 67.3 Å². The van der Waals surface area contributed by atoms with E-state index in [0.29, 0.717) is 35.5 Å². The van der Waals surface area contributed by atoms with E-state index in [4.69, 9.17) is 26.8 Å². The maximum absolute atomic E-state index is 12.4. The quantitative estimate of drug-likeness (QED) is 0.184. The van der Waals surface area contributed by atoms with Crippen LogP contribution in [0.15, 0.2) is 48.5 Å². The molecule has 33 heavy (non-hydrogen) atoms. The van der Waals surface area contributed by atoms with E-state index in [1.54, 1.807) is 30.3 Å². The third-order valence-electron chi connectivity index (χ3n) is 5.08. The minimum Gasteiger partial charge on any atom is -0.456 e. The zero-order valence-corrected chi connectivity index (χ0v) is 18.4. The van der Waals surface area contributed by atoms with Crippen molar-refractivity contribution in [3.63, 3.8) is 0 Å². The molecular weight excluding hydrogens is 416 g/mol. The molecule has 0 aromatic heterocycles. The molecule has 0 fully saturated rings. The summed E-state index contributed by atoms with van der Waals surface area (Å²) in [4.78, 5) is 12.4. The van der Waals surface area contributed by atoms with Gasteiger partial charge in [0.05, 0.1) is 34.6 Å². The molecule has 0 bridgehead atoms. The van der Waals surface area contributed by atoms with Crippen molar-refractivity contribution in [3.8, 4) is 23.6 Å². The summed E-state index contributed by atoms with van der Waals surface area (Å²) in [5.74, 6) is 5.71. The molecule has 0 unspecified atom stereocenters. The number of aryl methyl sites for hydroxylation is 3. The number of carbonyl (C=O) groups excluding carboxylic acids is 1. The molecule has 3 aromatic carbocycles. The molecule has 0 radical (unpaired) electrons. The zero-order valence-electron chi connectivity index (χ0n) is 18.4. The molecule has 3 aromatic rings. The van der Waals surface area contributed by atoms with Crippen LogP contribution in [0.25, 0.3) is 0 Å². The van der Waals surface area contributed by atoms with Crippen LogP contribution in [-0.2, 0) is 6.42 Å². The van der Waals surface area contributed by atoms with Gasteiger partial charge in [0, 0.05) is 18.2 Å². The largest absolute Gasteiger partial charge is 0.456 e. The number of ether oxygens (including phenoxy) is 1. The Morgan fingerprint density at radius 2 is 1.73 bits per heavy atom. The Kier molecular flexibility index (Phi) is 7.14. The molecule has 8 nitrogen and oxygen atoms in total. The number of hydrogen-bond donors (Lipinski definition) is 4. The number of nitrogens with two attached hydrogens (primary N) is 2. The molecule has 0 aliphatic carbocycles. The minimum absolute atomic E-state index is 0.188. The highest BCUT2D eigenvalue weighted by Crippen LogP contribution is 2.37. The lowest BCUT2D eigenvalue weighted by molar-refractivity contribution is 0.0951. The van der Waals surface area contributed by atoms with Gasteiger partial charge in [0.2, 0.25) is 0 Å². The number of amides is 1. The van der Waals surface area contributed by atoms with E-state index in [9.17, 15) is 4.79 Å². The zero-order chi connectivity index (χ0) is 24.0. The molecule has 0 spiro atoms. The fourth-order valence-electron chi connectivity index (χ4n) is 3.48. The smallest absolute Gasteiger partial charge is 0.269 e. The molecule has 0 saturated heterocycles. The highest BCUT2D eigenvalue weighted by atomic mass is 16.5. The van der Waals surface area contributed by atoms with E-state index in [-0.39, 0.29) is 11.3 Å². The van der Waals surface area contributed by atoms with Gasteiger partial charge in [0.15, 0.2) is 0 Å². The highest BCUT2D eigenvalue weighted by molar-refractivity contribution is 5.99. The van der Waals surface area contributed by atoms with Gasteiger partial charge in [-0.15, -0.1) is 0 Å². The van der Waals surface area contributed by atoms with Crippen molar-refractivity contribution in [3.05, 3.63) is 76.3 Å². The average molecular weight is 441 g/mol. The molecule has 6 N–H and O–H groups in total. The number of carbonyl (C=O) groups is 1. The second kappa shape index (κ2) is 10.2. The second-order valence-corrected chi connectivity index (χ2v) is 7.54. The van der Waals surface area contributed by atoms with Gasteiger partial charge in [-0.2, -0.15) is 10.5 Å². The summed E-state index contributed by atoms with van der Waals surface area (Å²) in [6.45, 7) is 3.82. The van der Waals surface area contributed by atoms with Crippen LogP contribution in [0.3, 0.4) is 0 Å². The number of hydrogen-bond acceptors (Lipinski definition) is 7. The third-order valence-corrected chi connectivity index (χ3v) is 5.08. The van der Waals surface area contributed by atoms with Crippen LogP contribution >= 0.6 is 0 Å². The summed E-state index contributed by atoms with van der Waals surface area (Å²) in [7, 11) is 0. The van der Waals surface area contributed by atoms with Crippen molar-refractivity contribution in [1.82, 2.24) is 5.43 Å². The SMILES string of the molecule is Cc1cc(CCC#N)cc(C)c1Oc1cc(Nc2ccc(C#N)cc2)c(N)cc1C(=O)NN. The van der Waals surface area contributed by atoms with E-state index in [1.165, 1.54) is 6.07 Å². The molecule has 3 rings (SSSR count). The van der Waals surface area contributed by atoms with Crippen LogP contribution in [0.2, 0.25) is 0 Å². The van der Waals surface area contributed by atoms with Crippen molar-refractivity contribution in [2.24, 2.45) is 5.84 Å². The Balaban J connectivity index is 2.00. The van der Waals surface area contributed by atoms with Gasteiger partial charge in [-0.3, -0.25) is 10.2 Å². The molecular formula is C25H24N6O2.